The summed E-state index contributed by atoms with van der Waals surface area (Å²) in [5, 5.41) is 0. The number of hydrogen-bond acceptors (Lipinski definition) is 6. The van der Waals surface area contributed by atoms with Crippen LogP contribution < -0.4 is 14.7 Å². The fraction of sp³-hybridized carbons (Fsp3) is 1.00. The van der Waals surface area contributed by atoms with Crippen LogP contribution in [0.1, 0.15) is 234 Å². The first kappa shape index (κ1) is 59.8. The maximum Gasteiger partial charge on any atom is 3.00 e. The van der Waals surface area contributed by atoms with Gasteiger partial charge in [-0.05, 0) is 75.5 Å². The smallest absolute Gasteiger partial charge is 0.799 e. The summed E-state index contributed by atoms with van der Waals surface area (Å²) in [6, 6.07) is 0. The minimum Gasteiger partial charge on any atom is -0.799 e. The van der Waals surface area contributed by atoms with Crippen molar-refractivity contribution in [3.8, 4) is 0 Å². The second kappa shape index (κ2) is 44.8. The first-order valence-electron chi connectivity index (χ1n) is 22.2. The zero-order valence-corrected chi connectivity index (χ0v) is 39.4. The Kier molecular flexibility index (Phi) is 51.5. The number of unbranched alkanes of at least 4 members (excludes halogenated alkanes) is 24. The van der Waals surface area contributed by atoms with E-state index in [1.807, 2.05) is 0 Å². The van der Waals surface area contributed by atoms with Crippen molar-refractivity contribution in [2.45, 2.75) is 234 Å². The first-order valence-corrected chi connectivity index (χ1v) is 28.2. The Morgan fingerprint density at radius 1 is 0.250 bits per heavy atom. The van der Waals surface area contributed by atoms with Crippen LogP contribution in [0.5, 0.6) is 0 Å². The molecule has 1 radical (unpaired) electrons. The van der Waals surface area contributed by atoms with Crippen LogP contribution in [0.25, 0.3) is 0 Å². The van der Waals surface area contributed by atoms with E-state index in [1.165, 1.54) is 116 Å². The molecule has 52 heavy (non-hydrogen) atoms. The van der Waals surface area contributed by atoms with Gasteiger partial charge in [-0.15, -0.1) is 0 Å². The van der Waals surface area contributed by atoms with Gasteiger partial charge in [0, 0.05) is 22.1 Å². The molecule has 0 aliphatic rings. The zero-order valence-electron chi connectivity index (χ0n) is 35.6. The van der Waals surface area contributed by atoms with E-state index in [9.17, 15) is 28.4 Å². The molecule has 10 heteroatoms. The third-order valence-electron chi connectivity index (χ3n) is 9.61. The van der Waals surface area contributed by atoms with E-state index in [0.717, 1.165) is 77.0 Å². The van der Waals surface area contributed by atoms with Crippen LogP contribution in [0.3, 0.4) is 0 Å². The molecule has 317 valence electrons. The maximum atomic E-state index is 11.7. The average Bonchev–Trinajstić information content (AvgIpc) is 3.08. The van der Waals surface area contributed by atoms with E-state index >= 15 is 0 Å². The van der Waals surface area contributed by atoms with Gasteiger partial charge in [-0.25, -0.2) is 0 Å². The van der Waals surface area contributed by atoms with Crippen molar-refractivity contribution in [2.75, 3.05) is 37.0 Å². The Bertz CT molecular complexity index is 671. The predicted molar refractivity (Wildman–Crippen MR) is 225 cm³/mol. The van der Waals surface area contributed by atoms with Gasteiger partial charge in [0.15, 0.2) is 0 Å². The summed E-state index contributed by atoms with van der Waals surface area (Å²) in [6.07, 6.45) is 36.1. The molecule has 0 unspecified atom stereocenters. The van der Waals surface area contributed by atoms with Crippen molar-refractivity contribution >= 4 is 22.1 Å². The second-order valence-electron chi connectivity index (χ2n) is 15.3. The normalized spacial score (nSPS) is 11.7. The quantitative estimate of drug-likeness (QED) is 0.0352. The largest absolute Gasteiger partial charge is 3.00 e. The number of rotatable bonds is 36. The van der Waals surface area contributed by atoms with Crippen molar-refractivity contribution in [1.82, 2.24) is 0 Å². The second-order valence-corrected chi connectivity index (χ2v) is 22.8. The molecule has 0 aliphatic heterocycles. The van der Waals surface area contributed by atoms with Crippen molar-refractivity contribution in [3.63, 3.8) is 0 Å². The van der Waals surface area contributed by atoms with Crippen LogP contribution in [-0.4, -0.2) is 37.0 Å². The Hall–Kier alpha value is 1.09. The Balaban J connectivity index is -0.000000329. The summed E-state index contributed by atoms with van der Waals surface area (Å²) >= 11 is 0. The van der Waals surface area contributed by atoms with Crippen LogP contribution in [-0.2, 0) is 30.8 Å². The predicted octanol–water partition coefficient (Wildman–Crippen LogP) is 13.7. The van der Waals surface area contributed by atoms with Gasteiger partial charge in [-0.3, -0.25) is 0 Å². The molecule has 0 aromatic rings. The summed E-state index contributed by atoms with van der Waals surface area (Å²) in [7, 11) is -9.12. The van der Waals surface area contributed by atoms with Gasteiger partial charge in [0.25, 0.3) is 0 Å². The monoisotopic (exact) mass is 840 g/mol. The minimum atomic E-state index is -3.04. The molecule has 0 spiro atoms. The first-order chi connectivity index (χ1) is 24.4. The molecule has 0 saturated carbocycles. The molecular weight excluding hydrogens is 749 g/mol. The van der Waals surface area contributed by atoms with E-state index < -0.39 is 22.1 Å². The van der Waals surface area contributed by atoms with Crippen molar-refractivity contribution in [1.29, 1.82) is 0 Å². The van der Waals surface area contributed by atoms with E-state index in [-0.39, 0.29) is 17.1 Å². The molecule has 6 nitrogen and oxygen atoms in total. The molecule has 0 fully saturated rings. The average molecular weight is 840 g/mol. The molecule has 0 saturated heterocycles. The van der Waals surface area contributed by atoms with Crippen LogP contribution in [0.2, 0.25) is 0 Å². The van der Waals surface area contributed by atoms with Gasteiger partial charge in [0.2, 0.25) is 0 Å². The van der Waals surface area contributed by atoms with Gasteiger partial charge in [-0.2, -0.15) is 0 Å². The zero-order chi connectivity index (χ0) is 39.0. The molecule has 0 atom stereocenters. The molecule has 0 aromatic carbocycles. The Labute approximate surface area is 337 Å². The standard InChI is InChI=1S/3C14H31O2P.Fe/c3*1-3-5-7-9-11-13-17(15,16)14-12-10-8-6-4-2;/h3*3-14H2,1-2H3,(H,15,16);/q;;;+3/p-3. The molecule has 0 aromatic heterocycles. The SMILES string of the molecule is CCCCCCCP(=O)([O-])CCCCCCC.CCCCCCCP(=O)([O-])CCCCCCC.CCCCCCCP(=O)([O-])CCCCCCC.[Fe+3]. The summed E-state index contributed by atoms with van der Waals surface area (Å²) in [6.45, 7) is 13.1. The van der Waals surface area contributed by atoms with E-state index in [1.54, 1.807) is 0 Å². The molecule has 0 bridgehead atoms. The molecular formula is C42H90FeO6P3. The molecule has 0 amide bonds. The van der Waals surface area contributed by atoms with Crippen LogP contribution in [0.4, 0.5) is 0 Å². The molecule has 0 rings (SSSR count). The fourth-order valence-corrected chi connectivity index (χ4v) is 11.0. The minimum absolute atomic E-state index is 0. The van der Waals surface area contributed by atoms with Gasteiger partial charge in [0.1, 0.15) is 0 Å². The summed E-state index contributed by atoms with van der Waals surface area (Å²) in [5.41, 5.74) is 0. The maximum absolute atomic E-state index is 11.7. The summed E-state index contributed by atoms with van der Waals surface area (Å²) in [4.78, 5) is 35.2. The van der Waals surface area contributed by atoms with Gasteiger partial charge >= 0.3 is 17.1 Å². The fourth-order valence-electron chi connectivity index (χ4n) is 6.07. The van der Waals surface area contributed by atoms with Crippen LogP contribution >= 0.6 is 22.1 Å². The van der Waals surface area contributed by atoms with Gasteiger partial charge in [0.05, 0.1) is 0 Å². The van der Waals surface area contributed by atoms with E-state index in [2.05, 4.69) is 41.5 Å². The van der Waals surface area contributed by atoms with Crippen molar-refractivity contribution in [2.24, 2.45) is 0 Å². The molecule has 0 N–H and O–H groups in total. The number of hydrogen-bond donors (Lipinski definition) is 0. The van der Waals surface area contributed by atoms with Crippen LogP contribution in [0, 0.1) is 0 Å². The molecule has 0 heterocycles. The third-order valence-corrected chi connectivity index (χ3v) is 15.6. The third kappa shape index (κ3) is 53.2. The van der Waals surface area contributed by atoms with Gasteiger partial charge in [-0.1, -0.05) is 196 Å². The topological polar surface area (TPSA) is 120 Å². The molecule has 0 aliphatic carbocycles. The summed E-state index contributed by atoms with van der Waals surface area (Å²) in [5.74, 6) is 0. The van der Waals surface area contributed by atoms with Crippen molar-refractivity contribution in [3.05, 3.63) is 0 Å². The van der Waals surface area contributed by atoms with Crippen molar-refractivity contribution < 1.29 is 45.4 Å². The summed E-state index contributed by atoms with van der Waals surface area (Å²) < 4.78 is 35.2. The van der Waals surface area contributed by atoms with Gasteiger partial charge < -0.3 is 28.4 Å². The van der Waals surface area contributed by atoms with E-state index in [0.29, 0.717) is 37.0 Å². The van der Waals surface area contributed by atoms with E-state index in [4.69, 9.17) is 0 Å². The van der Waals surface area contributed by atoms with Crippen LogP contribution in [0.15, 0.2) is 0 Å². The Morgan fingerprint density at radius 2 is 0.365 bits per heavy atom. The Morgan fingerprint density at radius 3 is 0.481 bits per heavy atom.